The minimum absolute atomic E-state index is 0.0420. The van der Waals surface area contributed by atoms with E-state index in [0.717, 1.165) is 0 Å². The Balaban J connectivity index is 2.24. The molecule has 1 unspecified atom stereocenters. The molecule has 1 aliphatic rings. The van der Waals surface area contributed by atoms with E-state index in [-0.39, 0.29) is 11.6 Å². The van der Waals surface area contributed by atoms with Crippen LogP contribution in [0.4, 0.5) is 0 Å². The van der Waals surface area contributed by atoms with E-state index < -0.39 is 15.6 Å². The van der Waals surface area contributed by atoms with Crippen molar-refractivity contribution >= 4 is 10.0 Å². The summed E-state index contributed by atoms with van der Waals surface area (Å²) < 4.78 is 27.3. The topological polar surface area (TPSA) is 75.4 Å². The molecule has 6 nitrogen and oxygen atoms in total. The first-order valence-electron chi connectivity index (χ1n) is 5.58. The predicted octanol–water partition coefficient (Wildman–Crippen LogP) is -0.0444. The molecule has 1 aliphatic heterocycles. The minimum atomic E-state index is -3.56. The molecule has 96 valence electrons. The van der Waals surface area contributed by atoms with Crippen LogP contribution in [0.1, 0.15) is 19.8 Å². The van der Waals surface area contributed by atoms with Gasteiger partial charge in [0.15, 0.2) is 5.03 Å². The van der Waals surface area contributed by atoms with Crippen LogP contribution in [0.15, 0.2) is 17.6 Å². The summed E-state index contributed by atoms with van der Waals surface area (Å²) in [5, 5.41) is 10.1. The molecular formula is C10H17N3O3S. The third kappa shape index (κ3) is 2.22. The number of nitrogens with zero attached hydrogens (tertiary/aromatic N) is 3. The van der Waals surface area contributed by atoms with E-state index in [4.69, 9.17) is 0 Å². The number of β-amino-alcohol motifs (C(OH)–C–C–N with tert-alkyl or cyclic N) is 1. The third-order valence-corrected chi connectivity index (χ3v) is 4.97. The van der Waals surface area contributed by atoms with E-state index in [9.17, 15) is 13.5 Å². The quantitative estimate of drug-likeness (QED) is 0.826. The lowest BCUT2D eigenvalue weighted by atomic mass is 10.0. The van der Waals surface area contributed by atoms with Crippen molar-refractivity contribution in [2.24, 2.45) is 7.05 Å². The summed E-state index contributed by atoms with van der Waals surface area (Å²) in [5.74, 6) is 0. The van der Waals surface area contributed by atoms with E-state index in [2.05, 4.69) is 4.98 Å². The van der Waals surface area contributed by atoms with Gasteiger partial charge in [-0.05, 0) is 12.8 Å². The highest BCUT2D eigenvalue weighted by atomic mass is 32.2. The maximum absolute atomic E-state index is 12.2. The van der Waals surface area contributed by atoms with Gasteiger partial charge in [-0.2, -0.15) is 4.31 Å². The van der Waals surface area contributed by atoms with Gasteiger partial charge < -0.3 is 9.67 Å². The Morgan fingerprint density at radius 3 is 2.76 bits per heavy atom. The fraction of sp³-hybridized carbons (Fsp3) is 0.700. The molecule has 1 fully saturated rings. The zero-order chi connectivity index (χ0) is 12.7. The Bertz CT molecular complexity index is 511. The van der Waals surface area contributed by atoms with Crippen LogP contribution in [0.25, 0.3) is 0 Å². The summed E-state index contributed by atoms with van der Waals surface area (Å²) in [4.78, 5) is 3.86. The first-order chi connectivity index (χ1) is 7.87. The maximum atomic E-state index is 12.2. The second kappa shape index (κ2) is 4.08. The number of aromatic nitrogens is 2. The van der Waals surface area contributed by atoms with E-state index in [1.165, 1.54) is 16.8 Å². The highest BCUT2D eigenvalue weighted by Crippen LogP contribution is 2.28. The average Bonchev–Trinajstić information content (AvgIpc) is 2.86. The fourth-order valence-corrected chi connectivity index (χ4v) is 3.45. The van der Waals surface area contributed by atoms with Gasteiger partial charge in [0.1, 0.15) is 0 Å². The van der Waals surface area contributed by atoms with Gasteiger partial charge in [0.25, 0.3) is 10.0 Å². The van der Waals surface area contributed by atoms with E-state index >= 15 is 0 Å². The van der Waals surface area contributed by atoms with E-state index in [1.54, 1.807) is 11.6 Å². The largest absolute Gasteiger partial charge is 0.388 e. The van der Waals surface area contributed by atoms with Crippen molar-refractivity contribution in [3.63, 3.8) is 0 Å². The van der Waals surface area contributed by atoms with Gasteiger partial charge in [0, 0.05) is 26.3 Å². The summed E-state index contributed by atoms with van der Waals surface area (Å²) in [6, 6.07) is 0. The SMILES string of the molecule is CCC1(O)CCN(S(=O)(=O)c2cn(C)cn2)C1. The lowest BCUT2D eigenvalue weighted by molar-refractivity contribution is 0.0521. The first kappa shape index (κ1) is 12.5. The van der Waals surface area contributed by atoms with E-state index in [1.807, 2.05) is 6.92 Å². The number of sulfonamides is 1. The number of rotatable bonds is 3. The zero-order valence-corrected chi connectivity index (χ0v) is 10.8. The van der Waals surface area contributed by atoms with Crippen molar-refractivity contribution in [2.45, 2.75) is 30.4 Å². The molecule has 0 saturated carbocycles. The molecule has 0 amide bonds. The van der Waals surface area contributed by atoms with Crippen LogP contribution in [0, 0.1) is 0 Å². The van der Waals surface area contributed by atoms with Crippen LogP contribution in [-0.2, 0) is 17.1 Å². The Kier molecular flexibility index (Phi) is 3.01. The number of hydrogen-bond acceptors (Lipinski definition) is 4. The van der Waals surface area contributed by atoms with Crippen molar-refractivity contribution in [1.29, 1.82) is 0 Å². The molecule has 2 rings (SSSR count). The molecule has 0 bridgehead atoms. The smallest absolute Gasteiger partial charge is 0.262 e. The molecule has 1 aromatic heterocycles. The summed E-state index contributed by atoms with van der Waals surface area (Å²) in [7, 11) is -1.84. The summed E-state index contributed by atoms with van der Waals surface area (Å²) in [6.07, 6.45) is 3.96. The molecule has 0 spiro atoms. The van der Waals surface area contributed by atoms with Crippen LogP contribution in [0.2, 0.25) is 0 Å². The number of imidazole rings is 1. The van der Waals surface area contributed by atoms with Gasteiger partial charge in [-0.3, -0.25) is 0 Å². The monoisotopic (exact) mass is 259 g/mol. The standard InChI is InChI=1S/C10H17N3O3S/c1-3-10(14)4-5-13(7-10)17(15,16)9-6-12(2)8-11-9/h6,8,14H,3-5,7H2,1-2H3. The molecular weight excluding hydrogens is 242 g/mol. The van der Waals surface area contributed by atoms with Crippen molar-refractivity contribution in [1.82, 2.24) is 13.9 Å². The summed E-state index contributed by atoms with van der Waals surface area (Å²) in [6.45, 7) is 2.36. The van der Waals surface area contributed by atoms with Crippen LogP contribution in [0.5, 0.6) is 0 Å². The second-order valence-electron chi connectivity index (χ2n) is 4.54. The highest BCUT2D eigenvalue weighted by Gasteiger charge is 2.41. The number of aryl methyl sites for hydroxylation is 1. The summed E-state index contributed by atoms with van der Waals surface area (Å²) >= 11 is 0. The second-order valence-corrected chi connectivity index (χ2v) is 6.43. The third-order valence-electron chi connectivity index (χ3n) is 3.24. The van der Waals surface area contributed by atoms with Crippen LogP contribution in [-0.4, -0.2) is 46.1 Å². The van der Waals surface area contributed by atoms with Crippen molar-refractivity contribution in [3.8, 4) is 0 Å². The van der Waals surface area contributed by atoms with Gasteiger partial charge in [0.05, 0.1) is 11.9 Å². The van der Waals surface area contributed by atoms with Gasteiger partial charge in [-0.25, -0.2) is 13.4 Å². The lowest BCUT2D eigenvalue weighted by Crippen LogP contribution is -2.35. The van der Waals surface area contributed by atoms with Gasteiger partial charge in [-0.15, -0.1) is 0 Å². The molecule has 1 atom stereocenters. The van der Waals surface area contributed by atoms with Gasteiger partial charge in [0.2, 0.25) is 0 Å². The van der Waals surface area contributed by atoms with Crippen molar-refractivity contribution in [3.05, 3.63) is 12.5 Å². The number of aliphatic hydroxyl groups is 1. The van der Waals surface area contributed by atoms with Gasteiger partial charge in [-0.1, -0.05) is 6.92 Å². The van der Waals surface area contributed by atoms with Gasteiger partial charge >= 0.3 is 0 Å². The first-order valence-corrected chi connectivity index (χ1v) is 7.02. The fourth-order valence-electron chi connectivity index (χ4n) is 1.97. The average molecular weight is 259 g/mol. The molecule has 1 aromatic rings. The molecule has 0 aromatic carbocycles. The molecule has 1 saturated heterocycles. The lowest BCUT2D eigenvalue weighted by Gasteiger charge is -2.20. The van der Waals surface area contributed by atoms with Crippen LogP contribution < -0.4 is 0 Å². The highest BCUT2D eigenvalue weighted by molar-refractivity contribution is 7.89. The van der Waals surface area contributed by atoms with Crippen LogP contribution in [0.3, 0.4) is 0 Å². The van der Waals surface area contributed by atoms with E-state index in [0.29, 0.717) is 19.4 Å². The Labute approximate surface area is 101 Å². The summed E-state index contributed by atoms with van der Waals surface area (Å²) in [5.41, 5.74) is -0.887. The minimum Gasteiger partial charge on any atom is -0.388 e. The zero-order valence-electron chi connectivity index (χ0n) is 10.00. The van der Waals surface area contributed by atoms with Crippen molar-refractivity contribution in [2.75, 3.05) is 13.1 Å². The Morgan fingerprint density at radius 2 is 2.29 bits per heavy atom. The van der Waals surface area contributed by atoms with Crippen molar-refractivity contribution < 1.29 is 13.5 Å². The number of hydrogen-bond donors (Lipinski definition) is 1. The Hall–Kier alpha value is -0.920. The predicted molar refractivity (Wildman–Crippen MR) is 61.8 cm³/mol. The molecule has 17 heavy (non-hydrogen) atoms. The molecule has 2 heterocycles. The Morgan fingerprint density at radius 1 is 1.59 bits per heavy atom. The molecule has 7 heteroatoms. The molecule has 0 aliphatic carbocycles. The normalized spacial score (nSPS) is 26.5. The van der Waals surface area contributed by atoms with Crippen LogP contribution >= 0.6 is 0 Å². The molecule has 1 N–H and O–H groups in total. The molecule has 0 radical (unpaired) electrons. The maximum Gasteiger partial charge on any atom is 0.262 e.